The molecule has 0 spiro atoms. The van der Waals surface area contributed by atoms with Crippen molar-refractivity contribution in [2.75, 3.05) is 16.8 Å². The fraction of sp³-hybridized carbons (Fsp3) is 0.261. The van der Waals surface area contributed by atoms with Gasteiger partial charge in [-0.15, -0.1) is 0 Å². The van der Waals surface area contributed by atoms with Crippen LogP contribution in [0.15, 0.2) is 47.7 Å². The number of halogens is 2. The second-order valence-electron chi connectivity index (χ2n) is 7.85. The number of anilines is 2. The van der Waals surface area contributed by atoms with E-state index in [2.05, 4.69) is 15.3 Å². The summed E-state index contributed by atoms with van der Waals surface area (Å²) in [5.41, 5.74) is 1.80. The number of carbonyl (C=O) groups is 2. The molecule has 3 heterocycles. The van der Waals surface area contributed by atoms with Crippen LogP contribution in [0.5, 0.6) is 0 Å². The summed E-state index contributed by atoms with van der Waals surface area (Å²) in [6.45, 7) is 3.01. The molecule has 4 rings (SSSR count). The van der Waals surface area contributed by atoms with Crippen LogP contribution in [0.25, 0.3) is 11.1 Å². The summed E-state index contributed by atoms with van der Waals surface area (Å²) in [4.78, 5) is 48.9. The SMILES string of the molecule is Cc1cc2c(c(=O)n1C)-c1cncnc1[C@H](C)C(=O)N2CC(=O)Nc1ccc(C(F)F)cc1. The summed E-state index contributed by atoms with van der Waals surface area (Å²) in [7, 11) is 1.62. The van der Waals surface area contributed by atoms with Gasteiger partial charge < -0.3 is 14.8 Å². The van der Waals surface area contributed by atoms with E-state index in [1.54, 1.807) is 27.0 Å². The van der Waals surface area contributed by atoms with Gasteiger partial charge >= 0.3 is 0 Å². The first-order valence-electron chi connectivity index (χ1n) is 10.2. The molecule has 8 nitrogen and oxygen atoms in total. The Morgan fingerprint density at radius 2 is 1.91 bits per heavy atom. The number of amides is 2. The van der Waals surface area contributed by atoms with Crippen LogP contribution in [0, 0.1) is 6.92 Å². The van der Waals surface area contributed by atoms with Crippen LogP contribution in [0.3, 0.4) is 0 Å². The molecule has 0 aliphatic carbocycles. The van der Waals surface area contributed by atoms with E-state index in [4.69, 9.17) is 0 Å². The Morgan fingerprint density at radius 1 is 1.21 bits per heavy atom. The highest BCUT2D eigenvalue weighted by atomic mass is 19.3. The number of alkyl halides is 2. The van der Waals surface area contributed by atoms with Gasteiger partial charge in [-0.3, -0.25) is 14.4 Å². The van der Waals surface area contributed by atoms with Crippen molar-refractivity contribution < 1.29 is 18.4 Å². The summed E-state index contributed by atoms with van der Waals surface area (Å²) in [6.07, 6.45) is 0.195. The van der Waals surface area contributed by atoms with E-state index in [-0.39, 0.29) is 23.2 Å². The van der Waals surface area contributed by atoms with Crippen molar-refractivity contribution in [3.05, 3.63) is 70.2 Å². The van der Waals surface area contributed by atoms with Crippen LogP contribution in [-0.2, 0) is 16.6 Å². The topological polar surface area (TPSA) is 97.2 Å². The first kappa shape index (κ1) is 22.3. The molecule has 1 atom stereocenters. The molecule has 0 bridgehead atoms. The van der Waals surface area contributed by atoms with Crippen LogP contribution in [0.2, 0.25) is 0 Å². The quantitative estimate of drug-likeness (QED) is 0.655. The molecule has 3 aromatic rings. The highest BCUT2D eigenvalue weighted by Crippen LogP contribution is 2.38. The van der Waals surface area contributed by atoms with Crippen molar-refractivity contribution in [3.8, 4) is 11.1 Å². The second kappa shape index (κ2) is 8.53. The minimum absolute atomic E-state index is 0.163. The predicted molar refractivity (Wildman–Crippen MR) is 118 cm³/mol. The molecule has 10 heteroatoms. The first-order valence-corrected chi connectivity index (χ1v) is 10.2. The van der Waals surface area contributed by atoms with Crippen LogP contribution in [0.4, 0.5) is 20.2 Å². The maximum atomic E-state index is 13.4. The molecule has 1 aliphatic heterocycles. The molecule has 2 amide bonds. The lowest BCUT2D eigenvalue weighted by atomic mass is 9.99. The zero-order valence-corrected chi connectivity index (χ0v) is 18.2. The molecule has 170 valence electrons. The number of aryl methyl sites for hydroxylation is 1. The van der Waals surface area contributed by atoms with Crippen molar-refractivity contribution in [2.45, 2.75) is 26.2 Å². The number of pyridine rings is 1. The Labute approximate surface area is 187 Å². The number of hydrogen-bond acceptors (Lipinski definition) is 5. The van der Waals surface area contributed by atoms with Gasteiger partial charge in [0.15, 0.2) is 0 Å². The summed E-state index contributed by atoms with van der Waals surface area (Å²) >= 11 is 0. The molecule has 0 radical (unpaired) electrons. The summed E-state index contributed by atoms with van der Waals surface area (Å²) in [5, 5.41) is 2.61. The average molecular weight is 453 g/mol. The van der Waals surface area contributed by atoms with E-state index in [1.165, 1.54) is 46.3 Å². The Kier molecular flexibility index (Phi) is 5.75. The van der Waals surface area contributed by atoms with Gasteiger partial charge in [0.25, 0.3) is 12.0 Å². The minimum Gasteiger partial charge on any atom is -0.325 e. The molecular formula is C23H21F2N5O3. The number of benzene rings is 1. The van der Waals surface area contributed by atoms with Gasteiger partial charge in [-0.1, -0.05) is 12.1 Å². The highest BCUT2D eigenvalue weighted by Gasteiger charge is 2.35. The lowest BCUT2D eigenvalue weighted by Crippen LogP contribution is -2.40. The summed E-state index contributed by atoms with van der Waals surface area (Å²) < 4.78 is 27.0. The smallest absolute Gasteiger partial charge is 0.263 e. The van der Waals surface area contributed by atoms with Crippen molar-refractivity contribution in [1.29, 1.82) is 0 Å². The van der Waals surface area contributed by atoms with Gasteiger partial charge in [0, 0.05) is 35.8 Å². The monoisotopic (exact) mass is 453 g/mol. The molecule has 0 fully saturated rings. The molecule has 33 heavy (non-hydrogen) atoms. The van der Waals surface area contributed by atoms with Gasteiger partial charge in [-0.05, 0) is 32.0 Å². The van der Waals surface area contributed by atoms with Crippen molar-refractivity contribution in [1.82, 2.24) is 14.5 Å². The number of carbonyl (C=O) groups excluding carboxylic acids is 2. The fourth-order valence-electron chi connectivity index (χ4n) is 3.84. The maximum absolute atomic E-state index is 13.4. The Morgan fingerprint density at radius 3 is 2.58 bits per heavy atom. The van der Waals surface area contributed by atoms with Crippen molar-refractivity contribution >= 4 is 23.2 Å². The highest BCUT2D eigenvalue weighted by molar-refractivity contribution is 6.09. The number of aromatic nitrogens is 3. The Bertz CT molecular complexity index is 1300. The van der Waals surface area contributed by atoms with E-state index in [9.17, 15) is 23.2 Å². The van der Waals surface area contributed by atoms with Gasteiger partial charge in [0.2, 0.25) is 11.8 Å². The lowest BCUT2D eigenvalue weighted by Gasteiger charge is -2.25. The van der Waals surface area contributed by atoms with E-state index in [1.807, 2.05) is 0 Å². The summed E-state index contributed by atoms with van der Waals surface area (Å²) in [5.74, 6) is -1.66. The summed E-state index contributed by atoms with van der Waals surface area (Å²) in [6, 6.07) is 6.85. The standard InChI is InChI=1S/C23H21F2N5O3/c1-12-8-17-19(23(33)29(12)3)16-9-26-11-27-20(16)13(2)22(32)30(17)10-18(31)28-15-6-4-14(5-7-15)21(24)25/h4-9,11,13,21H,10H2,1-3H3,(H,28,31)/t13-/m0/s1. The van der Waals surface area contributed by atoms with E-state index in [0.717, 1.165) is 0 Å². The third kappa shape index (κ3) is 3.99. The van der Waals surface area contributed by atoms with Crippen LogP contribution >= 0.6 is 0 Å². The predicted octanol–water partition coefficient (Wildman–Crippen LogP) is 3.18. The van der Waals surface area contributed by atoms with Gasteiger partial charge in [-0.2, -0.15) is 0 Å². The van der Waals surface area contributed by atoms with E-state index in [0.29, 0.717) is 28.3 Å². The van der Waals surface area contributed by atoms with Crippen LogP contribution in [0.1, 0.15) is 36.2 Å². The molecule has 1 N–H and O–H groups in total. The van der Waals surface area contributed by atoms with Crippen molar-refractivity contribution in [3.63, 3.8) is 0 Å². The number of rotatable bonds is 4. The zero-order valence-electron chi connectivity index (χ0n) is 18.2. The third-order valence-corrected chi connectivity index (χ3v) is 5.75. The minimum atomic E-state index is -2.61. The first-order chi connectivity index (χ1) is 15.7. The van der Waals surface area contributed by atoms with Crippen LogP contribution < -0.4 is 15.8 Å². The Hall–Kier alpha value is -3.95. The lowest BCUT2D eigenvalue weighted by molar-refractivity contribution is -0.122. The van der Waals surface area contributed by atoms with E-state index >= 15 is 0 Å². The third-order valence-electron chi connectivity index (χ3n) is 5.75. The van der Waals surface area contributed by atoms with Crippen molar-refractivity contribution in [2.24, 2.45) is 7.05 Å². The maximum Gasteiger partial charge on any atom is 0.263 e. The van der Waals surface area contributed by atoms with Crippen LogP contribution in [-0.4, -0.2) is 32.9 Å². The molecular weight excluding hydrogens is 432 g/mol. The molecule has 1 aromatic carbocycles. The number of nitrogens with zero attached hydrogens (tertiary/aromatic N) is 4. The normalized spacial score (nSPS) is 15.2. The zero-order chi connectivity index (χ0) is 23.9. The van der Waals surface area contributed by atoms with Gasteiger partial charge in [-0.25, -0.2) is 18.7 Å². The number of fused-ring (bicyclic) bond motifs is 3. The fourth-order valence-corrected chi connectivity index (χ4v) is 3.84. The van der Waals surface area contributed by atoms with E-state index < -0.39 is 24.2 Å². The molecule has 1 aliphatic rings. The van der Waals surface area contributed by atoms with Gasteiger partial charge in [0.05, 0.1) is 22.9 Å². The number of nitrogens with one attached hydrogen (secondary N) is 1. The Balaban J connectivity index is 1.74. The molecule has 0 saturated heterocycles. The largest absolute Gasteiger partial charge is 0.325 e. The second-order valence-corrected chi connectivity index (χ2v) is 7.85. The number of hydrogen-bond donors (Lipinski definition) is 1. The molecule has 2 aromatic heterocycles. The molecule has 0 unspecified atom stereocenters. The average Bonchev–Trinajstić information content (AvgIpc) is 2.87. The van der Waals surface area contributed by atoms with Gasteiger partial charge in [0.1, 0.15) is 12.9 Å². The molecule has 0 saturated carbocycles.